The average molecular weight is 378 g/mol. The van der Waals surface area contributed by atoms with Crippen molar-refractivity contribution in [2.24, 2.45) is 0 Å². The zero-order chi connectivity index (χ0) is 19.2. The molecule has 1 amide bonds. The van der Waals surface area contributed by atoms with Crippen LogP contribution >= 0.6 is 0 Å². The van der Waals surface area contributed by atoms with Crippen LogP contribution in [0, 0.1) is 0 Å². The second-order valence-electron chi connectivity index (χ2n) is 8.21. The van der Waals surface area contributed by atoms with E-state index in [1.165, 1.54) is 37.7 Å². The number of aromatic nitrogens is 1. The Bertz CT molecular complexity index is 764. The number of hydrogen-bond acceptors (Lipinski definition) is 3. The lowest BCUT2D eigenvalue weighted by molar-refractivity contribution is 0.0611. The number of amides is 1. The summed E-state index contributed by atoms with van der Waals surface area (Å²) in [6, 6.07) is 14.6. The van der Waals surface area contributed by atoms with E-state index in [0.717, 1.165) is 37.2 Å². The van der Waals surface area contributed by atoms with Gasteiger partial charge in [-0.05, 0) is 68.0 Å². The van der Waals surface area contributed by atoms with Crippen molar-refractivity contribution in [3.05, 3.63) is 65.5 Å². The number of benzene rings is 1. The first kappa shape index (κ1) is 19.1. The van der Waals surface area contributed by atoms with Gasteiger partial charge in [-0.2, -0.15) is 0 Å². The van der Waals surface area contributed by atoms with Gasteiger partial charge in [0.1, 0.15) is 0 Å². The number of nitrogens with one attached hydrogen (secondary N) is 1. The van der Waals surface area contributed by atoms with Crippen LogP contribution in [0.3, 0.4) is 0 Å². The van der Waals surface area contributed by atoms with Crippen molar-refractivity contribution in [3.8, 4) is 0 Å². The van der Waals surface area contributed by atoms with Crippen molar-refractivity contribution in [1.29, 1.82) is 0 Å². The molecule has 1 unspecified atom stereocenters. The van der Waals surface area contributed by atoms with Crippen LogP contribution in [-0.2, 0) is 6.54 Å². The van der Waals surface area contributed by atoms with Crippen LogP contribution in [0.2, 0.25) is 0 Å². The van der Waals surface area contributed by atoms with Gasteiger partial charge in [-0.25, -0.2) is 0 Å². The van der Waals surface area contributed by atoms with E-state index in [-0.39, 0.29) is 5.91 Å². The molecule has 2 aromatic rings. The molecule has 1 N–H and O–H groups in total. The van der Waals surface area contributed by atoms with Crippen LogP contribution in [0.15, 0.2) is 48.7 Å². The molecule has 4 heteroatoms. The van der Waals surface area contributed by atoms with Gasteiger partial charge in [0, 0.05) is 24.3 Å². The van der Waals surface area contributed by atoms with Gasteiger partial charge in [-0.3, -0.25) is 9.78 Å². The van der Waals surface area contributed by atoms with Crippen molar-refractivity contribution >= 4 is 5.91 Å². The molecule has 1 aromatic heterocycles. The third kappa shape index (κ3) is 4.61. The van der Waals surface area contributed by atoms with E-state index in [4.69, 9.17) is 0 Å². The van der Waals surface area contributed by atoms with Crippen LogP contribution in [-0.4, -0.2) is 34.9 Å². The van der Waals surface area contributed by atoms with Crippen LogP contribution in [0.1, 0.15) is 72.5 Å². The fourth-order valence-corrected chi connectivity index (χ4v) is 4.65. The van der Waals surface area contributed by atoms with E-state index in [9.17, 15) is 4.79 Å². The number of rotatable bonds is 5. The molecular weight excluding hydrogens is 346 g/mol. The maximum Gasteiger partial charge on any atom is 0.254 e. The van der Waals surface area contributed by atoms with Crippen LogP contribution in [0.4, 0.5) is 0 Å². The average Bonchev–Trinajstić information content (AvgIpc) is 2.79. The molecule has 2 aliphatic rings. The summed E-state index contributed by atoms with van der Waals surface area (Å²) in [4.78, 5) is 20.1. The Morgan fingerprint density at radius 2 is 1.93 bits per heavy atom. The van der Waals surface area contributed by atoms with E-state index < -0.39 is 0 Å². The lowest BCUT2D eigenvalue weighted by Crippen LogP contribution is -2.41. The monoisotopic (exact) mass is 377 g/mol. The van der Waals surface area contributed by atoms with Crippen molar-refractivity contribution in [3.63, 3.8) is 0 Å². The standard InChI is InChI=1S/C24H31N3O/c28-24(20-9-6-8-19(16-20)21-10-7-14-25-17-21)27(23-12-2-1-3-13-23)18-22-11-4-5-15-26-22/h4-6,8-9,11,15-16,21,23,25H,1-3,7,10,12-14,17-18H2. The van der Waals surface area contributed by atoms with Crippen molar-refractivity contribution in [1.82, 2.24) is 15.2 Å². The first-order valence-corrected chi connectivity index (χ1v) is 10.8. The van der Waals surface area contributed by atoms with Gasteiger partial charge >= 0.3 is 0 Å². The van der Waals surface area contributed by atoms with Crippen molar-refractivity contribution < 1.29 is 4.79 Å². The second-order valence-corrected chi connectivity index (χ2v) is 8.21. The number of nitrogens with zero attached hydrogens (tertiary/aromatic N) is 2. The first-order chi connectivity index (χ1) is 13.8. The highest BCUT2D eigenvalue weighted by Crippen LogP contribution is 2.28. The zero-order valence-corrected chi connectivity index (χ0v) is 16.6. The summed E-state index contributed by atoms with van der Waals surface area (Å²) < 4.78 is 0. The molecule has 4 rings (SSSR count). The molecule has 28 heavy (non-hydrogen) atoms. The first-order valence-electron chi connectivity index (χ1n) is 10.8. The molecule has 0 bridgehead atoms. The van der Waals surface area contributed by atoms with Crippen molar-refractivity contribution in [2.75, 3.05) is 13.1 Å². The molecule has 1 aliphatic heterocycles. The van der Waals surface area contributed by atoms with Gasteiger partial charge in [-0.15, -0.1) is 0 Å². The van der Waals surface area contributed by atoms with E-state index in [0.29, 0.717) is 18.5 Å². The van der Waals surface area contributed by atoms with E-state index in [2.05, 4.69) is 33.4 Å². The van der Waals surface area contributed by atoms with E-state index in [1.807, 2.05) is 30.5 Å². The summed E-state index contributed by atoms with van der Waals surface area (Å²) in [5.41, 5.74) is 3.08. The third-order valence-electron chi connectivity index (χ3n) is 6.24. The van der Waals surface area contributed by atoms with Gasteiger partial charge in [-0.1, -0.05) is 37.5 Å². The molecular formula is C24H31N3O. The van der Waals surface area contributed by atoms with Crippen LogP contribution in [0.25, 0.3) is 0 Å². The molecule has 2 fully saturated rings. The van der Waals surface area contributed by atoms with Crippen LogP contribution in [0.5, 0.6) is 0 Å². The lowest BCUT2D eigenvalue weighted by Gasteiger charge is -2.34. The summed E-state index contributed by atoms with van der Waals surface area (Å²) in [6.07, 6.45) is 10.1. The van der Waals surface area contributed by atoms with Gasteiger partial charge in [0.15, 0.2) is 0 Å². The Hall–Kier alpha value is -2.20. The van der Waals surface area contributed by atoms with Gasteiger partial charge in [0.05, 0.1) is 12.2 Å². The van der Waals surface area contributed by atoms with Gasteiger partial charge in [0.25, 0.3) is 5.91 Å². The molecule has 148 valence electrons. The molecule has 2 heterocycles. The SMILES string of the molecule is O=C(c1cccc(C2CCCNC2)c1)N(Cc1ccccn1)C1CCCCC1. The summed E-state index contributed by atoms with van der Waals surface area (Å²) >= 11 is 0. The number of pyridine rings is 1. The fraction of sp³-hybridized carbons (Fsp3) is 0.500. The molecule has 4 nitrogen and oxygen atoms in total. The summed E-state index contributed by atoms with van der Waals surface area (Å²) in [7, 11) is 0. The number of hydrogen-bond donors (Lipinski definition) is 1. The zero-order valence-electron chi connectivity index (χ0n) is 16.6. The third-order valence-corrected chi connectivity index (χ3v) is 6.24. The maximum atomic E-state index is 13.6. The Balaban J connectivity index is 1.57. The Labute approximate surface area is 168 Å². The summed E-state index contributed by atoms with van der Waals surface area (Å²) in [6.45, 7) is 2.71. The van der Waals surface area contributed by atoms with Gasteiger partial charge < -0.3 is 10.2 Å². The molecule has 1 saturated heterocycles. The molecule has 0 spiro atoms. The highest BCUT2D eigenvalue weighted by Gasteiger charge is 2.27. The summed E-state index contributed by atoms with van der Waals surface area (Å²) in [5, 5.41) is 3.49. The number of piperidine rings is 1. The van der Waals surface area contributed by atoms with E-state index >= 15 is 0 Å². The molecule has 1 saturated carbocycles. The minimum absolute atomic E-state index is 0.156. The molecule has 1 aromatic carbocycles. The quantitative estimate of drug-likeness (QED) is 0.833. The minimum Gasteiger partial charge on any atom is -0.330 e. The van der Waals surface area contributed by atoms with Crippen LogP contribution < -0.4 is 5.32 Å². The Kier molecular flexibility index (Phi) is 6.38. The van der Waals surface area contributed by atoms with E-state index in [1.54, 1.807) is 0 Å². The maximum absolute atomic E-state index is 13.6. The predicted molar refractivity (Wildman–Crippen MR) is 112 cm³/mol. The second kappa shape index (κ2) is 9.33. The number of carbonyl (C=O) groups is 1. The largest absolute Gasteiger partial charge is 0.330 e. The predicted octanol–water partition coefficient (Wildman–Crippen LogP) is 4.52. The number of carbonyl (C=O) groups excluding carboxylic acids is 1. The highest BCUT2D eigenvalue weighted by atomic mass is 16.2. The minimum atomic E-state index is 0.156. The highest BCUT2D eigenvalue weighted by molar-refractivity contribution is 5.94. The topological polar surface area (TPSA) is 45.2 Å². The van der Waals surface area contributed by atoms with Crippen molar-refractivity contribution in [2.45, 2.75) is 63.5 Å². The Morgan fingerprint density at radius 1 is 1.04 bits per heavy atom. The van der Waals surface area contributed by atoms with Gasteiger partial charge in [0.2, 0.25) is 0 Å². The molecule has 1 atom stereocenters. The summed E-state index contributed by atoms with van der Waals surface area (Å²) in [5.74, 6) is 0.670. The molecule has 1 aliphatic carbocycles. The smallest absolute Gasteiger partial charge is 0.254 e. The fourth-order valence-electron chi connectivity index (χ4n) is 4.65. The lowest BCUT2D eigenvalue weighted by atomic mass is 9.90. The Morgan fingerprint density at radius 3 is 2.68 bits per heavy atom. The normalized spacial score (nSPS) is 20.6. The molecule has 0 radical (unpaired) electrons.